The molecule has 2 aromatic carbocycles. The maximum Gasteiger partial charge on any atom is 0.287 e. The number of halogens is 2. The molecule has 0 aliphatic heterocycles. The van der Waals surface area contributed by atoms with Gasteiger partial charge in [0.1, 0.15) is 0 Å². The Hall–Kier alpha value is -2.55. The van der Waals surface area contributed by atoms with Crippen molar-refractivity contribution in [2.75, 3.05) is 0 Å². The van der Waals surface area contributed by atoms with Crippen molar-refractivity contribution >= 4 is 34.4 Å². The number of rotatable bonds is 4. The highest BCUT2D eigenvalue weighted by Crippen LogP contribution is 2.19. The van der Waals surface area contributed by atoms with Crippen molar-refractivity contribution in [3.05, 3.63) is 83.3 Å². The van der Waals surface area contributed by atoms with E-state index in [9.17, 15) is 4.79 Å². The van der Waals surface area contributed by atoms with Gasteiger partial charge in [0, 0.05) is 22.2 Å². The largest absolute Gasteiger partial charge is 0.290 e. The van der Waals surface area contributed by atoms with Crippen LogP contribution in [0.2, 0.25) is 5.02 Å². The molecule has 0 N–H and O–H groups in total. The predicted molar refractivity (Wildman–Crippen MR) is 101 cm³/mol. The molecule has 124 valence electrons. The van der Waals surface area contributed by atoms with E-state index < -0.39 is 0 Å². The molecule has 0 amide bonds. The standard InChI is InChI=1S/C19H13ClN3O.BrH/c20-17-3-1-2-16(10-17)18-8-9-23(13-22-18)12-19(24)15-6-4-14(11-21)5-7-15;/h1-10,13H,12H2;1H/q+1;. The van der Waals surface area contributed by atoms with Crippen molar-refractivity contribution in [3.63, 3.8) is 0 Å². The van der Waals surface area contributed by atoms with E-state index in [-0.39, 0.29) is 29.3 Å². The molecule has 3 rings (SSSR count). The van der Waals surface area contributed by atoms with Gasteiger partial charge in [-0.05, 0) is 41.4 Å². The number of hydrogen-bond donors (Lipinski definition) is 0. The Morgan fingerprint density at radius 2 is 1.92 bits per heavy atom. The first-order chi connectivity index (χ1) is 11.7. The minimum absolute atomic E-state index is 0. The van der Waals surface area contributed by atoms with E-state index in [4.69, 9.17) is 16.9 Å². The zero-order valence-electron chi connectivity index (χ0n) is 13.1. The minimum atomic E-state index is -0.0400. The molecule has 0 spiro atoms. The van der Waals surface area contributed by atoms with Crippen molar-refractivity contribution in [3.8, 4) is 17.3 Å². The number of carbonyl (C=O) groups is 1. The van der Waals surface area contributed by atoms with Gasteiger partial charge in [0.15, 0.2) is 12.2 Å². The first-order valence-corrected chi connectivity index (χ1v) is 7.68. The molecule has 0 fully saturated rings. The molecule has 0 atom stereocenters. The predicted octanol–water partition coefficient (Wildman–Crippen LogP) is 4.02. The number of ketones is 1. The van der Waals surface area contributed by atoms with Gasteiger partial charge in [0.25, 0.3) is 6.33 Å². The SMILES string of the molecule is Br.N#Cc1ccc(C(=O)C[n+]2ccc(-c3cccc(Cl)c3)nc2)cc1. The maximum absolute atomic E-state index is 12.3. The first kappa shape index (κ1) is 18.8. The molecule has 0 saturated carbocycles. The van der Waals surface area contributed by atoms with Gasteiger partial charge in [-0.1, -0.05) is 23.7 Å². The topological polar surface area (TPSA) is 57.6 Å². The fraction of sp³-hybridized carbons (Fsp3) is 0.0526. The monoisotopic (exact) mass is 414 g/mol. The molecule has 0 bridgehead atoms. The van der Waals surface area contributed by atoms with Crippen LogP contribution in [0.1, 0.15) is 15.9 Å². The van der Waals surface area contributed by atoms with Crippen LogP contribution in [0, 0.1) is 11.3 Å². The molecule has 1 heterocycles. The Kier molecular flexibility index (Phi) is 6.40. The number of aromatic nitrogens is 2. The van der Waals surface area contributed by atoms with Gasteiger partial charge in [-0.15, -0.1) is 17.0 Å². The normalized spacial score (nSPS) is 9.76. The Morgan fingerprint density at radius 3 is 2.52 bits per heavy atom. The summed E-state index contributed by atoms with van der Waals surface area (Å²) in [5, 5.41) is 9.44. The van der Waals surface area contributed by atoms with E-state index in [1.807, 2.05) is 42.6 Å². The highest BCUT2D eigenvalue weighted by molar-refractivity contribution is 8.93. The number of Topliss-reactive ketones (excluding diaryl/α,β-unsaturated/α-hetero) is 1. The summed E-state index contributed by atoms with van der Waals surface area (Å²) in [6.07, 6.45) is 3.43. The Bertz CT molecular complexity index is 919. The summed E-state index contributed by atoms with van der Waals surface area (Å²) in [4.78, 5) is 16.6. The number of nitriles is 1. The van der Waals surface area contributed by atoms with Crippen LogP contribution in [-0.2, 0) is 6.54 Å². The van der Waals surface area contributed by atoms with E-state index in [0.717, 1.165) is 11.3 Å². The van der Waals surface area contributed by atoms with Gasteiger partial charge in [-0.3, -0.25) is 4.79 Å². The zero-order chi connectivity index (χ0) is 16.9. The highest BCUT2D eigenvalue weighted by Gasteiger charge is 2.12. The van der Waals surface area contributed by atoms with E-state index in [1.54, 1.807) is 35.2 Å². The second-order valence-electron chi connectivity index (χ2n) is 5.24. The third-order valence-electron chi connectivity index (χ3n) is 3.55. The number of hydrogen-bond acceptors (Lipinski definition) is 3. The lowest BCUT2D eigenvalue weighted by Crippen LogP contribution is -2.37. The molecular weight excluding hydrogens is 402 g/mol. The molecule has 0 saturated heterocycles. The molecule has 4 nitrogen and oxygen atoms in total. The van der Waals surface area contributed by atoms with Crippen LogP contribution in [0.4, 0.5) is 0 Å². The first-order valence-electron chi connectivity index (χ1n) is 7.30. The lowest BCUT2D eigenvalue weighted by Gasteiger charge is -2.01. The molecule has 25 heavy (non-hydrogen) atoms. The average Bonchev–Trinajstić information content (AvgIpc) is 2.62. The Balaban J connectivity index is 0.00000225. The molecule has 0 aliphatic carbocycles. The molecule has 6 heteroatoms. The number of carbonyl (C=O) groups excluding carboxylic acids is 1. The van der Waals surface area contributed by atoms with Gasteiger partial charge in [0.05, 0.1) is 17.8 Å². The zero-order valence-corrected chi connectivity index (χ0v) is 15.6. The van der Waals surface area contributed by atoms with Crippen molar-refractivity contribution < 1.29 is 9.36 Å². The van der Waals surface area contributed by atoms with E-state index in [1.165, 1.54) is 0 Å². The number of nitrogens with zero attached hydrogens (tertiary/aromatic N) is 3. The summed E-state index contributed by atoms with van der Waals surface area (Å²) in [6.45, 7) is 0.189. The van der Waals surface area contributed by atoms with Crippen LogP contribution >= 0.6 is 28.6 Å². The van der Waals surface area contributed by atoms with Gasteiger partial charge in [-0.2, -0.15) is 5.26 Å². The lowest BCUT2D eigenvalue weighted by atomic mass is 10.1. The van der Waals surface area contributed by atoms with Crippen molar-refractivity contribution in [2.24, 2.45) is 0 Å². The fourth-order valence-electron chi connectivity index (χ4n) is 2.28. The quantitative estimate of drug-likeness (QED) is 0.478. The van der Waals surface area contributed by atoms with E-state index in [0.29, 0.717) is 16.1 Å². The van der Waals surface area contributed by atoms with Gasteiger partial charge >= 0.3 is 0 Å². The van der Waals surface area contributed by atoms with Crippen molar-refractivity contribution in [1.29, 1.82) is 5.26 Å². The van der Waals surface area contributed by atoms with E-state index >= 15 is 0 Å². The third kappa shape index (κ3) is 4.72. The van der Waals surface area contributed by atoms with Crippen molar-refractivity contribution in [1.82, 2.24) is 4.98 Å². The summed E-state index contributed by atoms with van der Waals surface area (Å²) in [5.74, 6) is -0.0400. The Labute approximate surface area is 161 Å². The third-order valence-corrected chi connectivity index (χ3v) is 3.79. The van der Waals surface area contributed by atoms with Crippen LogP contribution in [-0.4, -0.2) is 10.8 Å². The minimum Gasteiger partial charge on any atom is -0.290 e. The number of benzene rings is 2. The van der Waals surface area contributed by atoms with Gasteiger partial charge in [-0.25, -0.2) is 4.57 Å². The van der Waals surface area contributed by atoms with Gasteiger partial charge in [0.2, 0.25) is 5.78 Å². The van der Waals surface area contributed by atoms with Crippen LogP contribution in [0.25, 0.3) is 11.3 Å². The molecule has 1 aromatic heterocycles. The van der Waals surface area contributed by atoms with Crippen LogP contribution in [0.5, 0.6) is 0 Å². The van der Waals surface area contributed by atoms with Crippen molar-refractivity contribution in [2.45, 2.75) is 6.54 Å². The summed E-state index contributed by atoms with van der Waals surface area (Å²) in [5.41, 5.74) is 2.82. The Morgan fingerprint density at radius 1 is 1.16 bits per heavy atom. The van der Waals surface area contributed by atoms with Crippen LogP contribution < -0.4 is 4.57 Å². The summed E-state index contributed by atoms with van der Waals surface area (Å²) >= 11 is 5.99. The van der Waals surface area contributed by atoms with E-state index in [2.05, 4.69) is 4.98 Å². The maximum atomic E-state index is 12.3. The highest BCUT2D eigenvalue weighted by atomic mass is 79.9. The molecule has 3 aromatic rings. The smallest absolute Gasteiger partial charge is 0.287 e. The summed E-state index contributed by atoms with van der Waals surface area (Å²) in [6, 6.07) is 17.9. The second-order valence-corrected chi connectivity index (χ2v) is 5.68. The summed E-state index contributed by atoms with van der Waals surface area (Å²) < 4.78 is 1.72. The van der Waals surface area contributed by atoms with Crippen LogP contribution in [0.3, 0.4) is 0 Å². The molecule has 0 radical (unpaired) electrons. The van der Waals surface area contributed by atoms with Gasteiger partial charge < -0.3 is 0 Å². The second kappa shape index (κ2) is 8.52. The fourth-order valence-corrected chi connectivity index (χ4v) is 2.47. The molecule has 0 aliphatic rings. The average molecular weight is 416 g/mol. The van der Waals surface area contributed by atoms with Crippen LogP contribution in [0.15, 0.2) is 67.1 Å². The molecule has 0 unspecified atom stereocenters. The lowest BCUT2D eigenvalue weighted by molar-refractivity contribution is -0.686. The molecular formula is C19H14BrClN3O+. The summed E-state index contributed by atoms with van der Waals surface area (Å²) in [7, 11) is 0.